The summed E-state index contributed by atoms with van der Waals surface area (Å²) in [6, 6.07) is 8.66. The van der Waals surface area contributed by atoms with Gasteiger partial charge in [-0.2, -0.15) is 13.2 Å². The number of halogens is 3. The molecule has 0 aliphatic carbocycles. The van der Waals surface area contributed by atoms with Crippen molar-refractivity contribution in [2.24, 2.45) is 0 Å². The van der Waals surface area contributed by atoms with Gasteiger partial charge in [-0.15, -0.1) is 0 Å². The molecule has 0 unspecified atom stereocenters. The molecule has 0 saturated carbocycles. The summed E-state index contributed by atoms with van der Waals surface area (Å²) >= 11 is 0. The first-order valence-electron chi connectivity index (χ1n) is 6.18. The average molecular weight is 292 g/mol. The van der Waals surface area contributed by atoms with E-state index in [1.165, 1.54) is 6.07 Å². The van der Waals surface area contributed by atoms with E-state index in [0.29, 0.717) is 11.1 Å². The highest BCUT2D eigenvalue weighted by Crippen LogP contribution is 2.34. The van der Waals surface area contributed by atoms with Gasteiger partial charge in [-0.1, -0.05) is 6.07 Å². The molecule has 1 aromatic heterocycles. The molecular formula is C15H11F3N2O. The Balaban J connectivity index is 2.16. The van der Waals surface area contributed by atoms with Crippen molar-refractivity contribution in [1.82, 2.24) is 4.98 Å². The monoisotopic (exact) mass is 292 g/mol. The van der Waals surface area contributed by atoms with Crippen LogP contribution in [0.3, 0.4) is 0 Å². The number of oxazole rings is 1. The number of aryl methyl sites for hydroxylation is 1. The van der Waals surface area contributed by atoms with Gasteiger partial charge < -0.3 is 10.2 Å². The minimum absolute atomic E-state index is 0.0123. The van der Waals surface area contributed by atoms with E-state index in [2.05, 4.69) is 4.98 Å². The van der Waals surface area contributed by atoms with Crippen molar-refractivity contribution in [1.29, 1.82) is 0 Å². The largest absolute Gasteiger partial charge is 0.436 e. The van der Waals surface area contributed by atoms with Crippen molar-refractivity contribution in [3.8, 4) is 11.5 Å². The molecular weight excluding hydrogens is 281 g/mol. The number of hydrogen-bond donors (Lipinski definition) is 1. The number of nitrogens with zero attached hydrogens (tertiary/aromatic N) is 1. The normalized spacial score (nSPS) is 12.0. The van der Waals surface area contributed by atoms with Gasteiger partial charge in [-0.3, -0.25) is 0 Å². The Morgan fingerprint density at radius 2 is 1.86 bits per heavy atom. The van der Waals surface area contributed by atoms with Crippen molar-refractivity contribution in [3.63, 3.8) is 0 Å². The van der Waals surface area contributed by atoms with Gasteiger partial charge in [-0.05, 0) is 42.8 Å². The SMILES string of the molecule is Cc1ccc2oc(-c3cc(N)cc(C(F)(F)F)c3)nc2c1. The summed E-state index contributed by atoms with van der Waals surface area (Å²) in [4.78, 5) is 4.22. The maximum atomic E-state index is 12.8. The summed E-state index contributed by atoms with van der Waals surface area (Å²) in [5.74, 6) is 0.119. The van der Waals surface area contributed by atoms with E-state index in [0.717, 1.165) is 17.7 Å². The minimum Gasteiger partial charge on any atom is -0.436 e. The number of rotatable bonds is 1. The lowest BCUT2D eigenvalue weighted by Gasteiger charge is -2.08. The van der Waals surface area contributed by atoms with Crippen LogP contribution in [0.4, 0.5) is 18.9 Å². The molecule has 6 heteroatoms. The van der Waals surface area contributed by atoms with Crippen LogP contribution in [0.5, 0.6) is 0 Å². The quantitative estimate of drug-likeness (QED) is 0.676. The molecule has 1 heterocycles. The summed E-state index contributed by atoms with van der Waals surface area (Å²) in [5, 5.41) is 0. The van der Waals surface area contributed by atoms with E-state index in [1.54, 1.807) is 12.1 Å². The van der Waals surface area contributed by atoms with Crippen LogP contribution in [0.2, 0.25) is 0 Å². The Labute approximate surface area is 118 Å². The lowest BCUT2D eigenvalue weighted by atomic mass is 10.1. The number of nitrogen functional groups attached to an aromatic ring is 1. The molecule has 0 aliphatic rings. The van der Waals surface area contributed by atoms with Gasteiger partial charge in [0.15, 0.2) is 5.58 Å². The summed E-state index contributed by atoms with van der Waals surface area (Å²) < 4.78 is 43.9. The van der Waals surface area contributed by atoms with Crippen LogP contribution in [0.15, 0.2) is 40.8 Å². The molecule has 3 rings (SSSR count). The number of anilines is 1. The van der Waals surface area contributed by atoms with Crippen molar-refractivity contribution in [2.75, 3.05) is 5.73 Å². The fourth-order valence-corrected chi connectivity index (χ4v) is 2.10. The molecule has 0 saturated heterocycles. The summed E-state index contributed by atoms with van der Waals surface area (Å²) in [5.41, 5.74) is 7.05. The van der Waals surface area contributed by atoms with Crippen molar-refractivity contribution < 1.29 is 17.6 Å². The number of nitrogens with two attached hydrogens (primary N) is 1. The average Bonchev–Trinajstić information content (AvgIpc) is 2.80. The van der Waals surface area contributed by atoms with Crippen LogP contribution in [0.25, 0.3) is 22.6 Å². The van der Waals surface area contributed by atoms with Gasteiger partial charge in [0.05, 0.1) is 5.56 Å². The second kappa shape index (κ2) is 4.51. The molecule has 0 radical (unpaired) electrons. The lowest BCUT2D eigenvalue weighted by molar-refractivity contribution is -0.137. The van der Waals surface area contributed by atoms with Crippen LogP contribution < -0.4 is 5.73 Å². The lowest BCUT2D eigenvalue weighted by Crippen LogP contribution is -2.06. The van der Waals surface area contributed by atoms with Gasteiger partial charge in [0.2, 0.25) is 5.89 Å². The molecule has 3 nitrogen and oxygen atoms in total. The fraction of sp³-hybridized carbons (Fsp3) is 0.133. The van der Waals surface area contributed by atoms with Crippen LogP contribution in [-0.2, 0) is 6.18 Å². The van der Waals surface area contributed by atoms with E-state index in [1.807, 2.05) is 13.0 Å². The maximum Gasteiger partial charge on any atom is 0.416 e. The molecule has 21 heavy (non-hydrogen) atoms. The van der Waals surface area contributed by atoms with E-state index < -0.39 is 11.7 Å². The first kappa shape index (κ1) is 13.5. The fourth-order valence-electron chi connectivity index (χ4n) is 2.10. The van der Waals surface area contributed by atoms with Gasteiger partial charge in [0.25, 0.3) is 0 Å². The highest BCUT2D eigenvalue weighted by atomic mass is 19.4. The third kappa shape index (κ3) is 2.56. The topological polar surface area (TPSA) is 52.0 Å². The zero-order valence-corrected chi connectivity index (χ0v) is 11.0. The molecule has 0 amide bonds. The number of hydrogen-bond acceptors (Lipinski definition) is 3. The third-order valence-corrected chi connectivity index (χ3v) is 3.07. The van der Waals surface area contributed by atoms with Gasteiger partial charge in [-0.25, -0.2) is 4.98 Å². The predicted octanol–water partition coefficient (Wildman–Crippen LogP) is 4.40. The zero-order valence-electron chi connectivity index (χ0n) is 11.0. The first-order valence-corrected chi connectivity index (χ1v) is 6.18. The van der Waals surface area contributed by atoms with Crippen molar-refractivity contribution >= 4 is 16.8 Å². The first-order chi connectivity index (χ1) is 9.83. The minimum atomic E-state index is -4.47. The molecule has 0 atom stereocenters. The molecule has 2 N–H and O–H groups in total. The summed E-state index contributed by atoms with van der Waals surface area (Å²) in [6.45, 7) is 1.90. The maximum absolute atomic E-state index is 12.8. The summed E-state index contributed by atoms with van der Waals surface area (Å²) in [7, 11) is 0. The number of aromatic nitrogens is 1. The van der Waals surface area contributed by atoms with Crippen LogP contribution in [0, 0.1) is 6.92 Å². The third-order valence-electron chi connectivity index (χ3n) is 3.07. The molecule has 108 valence electrons. The molecule has 0 bridgehead atoms. The molecule has 0 spiro atoms. The highest BCUT2D eigenvalue weighted by Gasteiger charge is 2.31. The highest BCUT2D eigenvalue weighted by molar-refractivity contribution is 5.77. The molecule has 0 fully saturated rings. The standard InChI is InChI=1S/C15H11F3N2O/c1-8-2-3-13-12(4-8)20-14(21-13)9-5-10(15(16,17)18)7-11(19)6-9/h2-7H,19H2,1H3. The smallest absolute Gasteiger partial charge is 0.416 e. The zero-order chi connectivity index (χ0) is 15.2. The Kier molecular flexibility index (Phi) is 2.90. The predicted molar refractivity (Wildman–Crippen MR) is 73.6 cm³/mol. The number of alkyl halides is 3. The van der Waals surface area contributed by atoms with Crippen LogP contribution in [0.1, 0.15) is 11.1 Å². The van der Waals surface area contributed by atoms with Crippen molar-refractivity contribution in [2.45, 2.75) is 13.1 Å². The van der Waals surface area contributed by atoms with E-state index >= 15 is 0 Å². The van der Waals surface area contributed by atoms with Crippen LogP contribution in [-0.4, -0.2) is 4.98 Å². The molecule has 3 aromatic rings. The second-order valence-corrected chi connectivity index (χ2v) is 4.83. The Morgan fingerprint density at radius 1 is 1.10 bits per heavy atom. The van der Waals surface area contributed by atoms with E-state index in [-0.39, 0.29) is 17.1 Å². The van der Waals surface area contributed by atoms with Gasteiger partial charge in [0.1, 0.15) is 5.52 Å². The van der Waals surface area contributed by atoms with E-state index in [4.69, 9.17) is 10.2 Å². The number of fused-ring (bicyclic) bond motifs is 1. The van der Waals surface area contributed by atoms with Gasteiger partial charge >= 0.3 is 6.18 Å². The summed E-state index contributed by atoms with van der Waals surface area (Å²) in [6.07, 6.45) is -4.47. The van der Waals surface area contributed by atoms with E-state index in [9.17, 15) is 13.2 Å². The van der Waals surface area contributed by atoms with Gasteiger partial charge in [0, 0.05) is 11.3 Å². The Bertz CT molecular complexity index is 821. The van der Waals surface area contributed by atoms with Crippen LogP contribution >= 0.6 is 0 Å². The number of benzene rings is 2. The Hall–Kier alpha value is -2.50. The molecule has 0 aliphatic heterocycles. The second-order valence-electron chi connectivity index (χ2n) is 4.83. The molecule has 2 aromatic carbocycles. The Morgan fingerprint density at radius 3 is 2.57 bits per heavy atom. The van der Waals surface area contributed by atoms with Crippen molar-refractivity contribution in [3.05, 3.63) is 47.5 Å².